The van der Waals surface area contributed by atoms with Crippen molar-refractivity contribution < 1.29 is 9.53 Å². The number of imidazole rings is 1. The molecule has 7 nitrogen and oxygen atoms in total. The van der Waals surface area contributed by atoms with Crippen LogP contribution in [0.15, 0.2) is 41.7 Å². The normalized spacial score (nSPS) is 13.3. The van der Waals surface area contributed by atoms with Gasteiger partial charge in [-0.1, -0.05) is 0 Å². The van der Waals surface area contributed by atoms with Gasteiger partial charge in [-0.25, -0.2) is 4.98 Å². The molecule has 0 saturated carbocycles. The number of pyridine rings is 1. The zero-order valence-corrected chi connectivity index (χ0v) is 12.2. The van der Waals surface area contributed by atoms with Gasteiger partial charge in [0.15, 0.2) is 6.61 Å². The number of nitrogens with one attached hydrogen (secondary N) is 1. The van der Waals surface area contributed by atoms with Crippen molar-refractivity contribution in [1.82, 2.24) is 9.38 Å². The number of rotatable bonds is 2. The minimum Gasteiger partial charge on any atom is -0.482 e. The largest absolute Gasteiger partial charge is 0.482 e. The minimum atomic E-state index is -0.214. The van der Waals surface area contributed by atoms with Crippen molar-refractivity contribution in [1.29, 1.82) is 0 Å². The number of hydrogen-bond donors (Lipinski definition) is 1. The molecule has 3 aromatic rings. The quantitative estimate of drug-likeness (QED) is 0.737. The first-order valence-corrected chi connectivity index (χ1v) is 7.05. The Morgan fingerprint density at radius 2 is 2.17 bits per heavy atom. The van der Waals surface area contributed by atoms with Gasteiger partial charge in [0.1, 0.15) is 17.1 Å². The number of anilines is 1. The third kappa shape index (κ3) is 2.13. The third-order valence-electron chi connectivity index (χ3n) is 3.73. The van der Waals surface area contributed by atoms with Gasteiger partial charge in [0.2, 0.25) is 5.82 Å². The lowest BCUT2D eigenvalue weighted by molar-refractivity contribution is -0.118. The van der Waals surface area contributed by atoms with Gasteiger partial charge in [-0.05, 0) is 48.0 Å². The fourth-order valence-corrected chi connectivity index (χ4v) is 2.64. The summed E-state index contributed by atoms with van der Waals surface area (Å²) in [6.07, 6.45) is 1.77. The number of nitroso groups, excluding NO2 is 1. The molecule has 1 aliphatic rings. The van der Waals surface area contributed by atoms with Gasteiger partial charge < -0.3 is 10.1 Å². The number of aromatic nitrogens is 2. The summed E-state index contributed by atoms with van der Waals surface area (Å²) in [6.45, 7) is 1.95. The van der Waals surface area contributed by atoms with Crippen LogP contribution in [0.1, 0.15) is 5.56 Å². The first-order chi connectivity index (χ1) is 11.2. The molecule has 3 heterocycles. The summed E-state index contributed by atoms with van der Waals surface area (Å²) in [5.41, 5.74) is 3.40. The molecule has 2 aromatic heterocycles. The monoisotopic (exact) mass is 308 g/mol. The summed E-state index contributed by atoms with van der Waals surface area (Å²) in [4.78, 5) is 27.2. The van der Waals surface area contributed by atoms with Gasteiger partial charge in [-0.15, -0.1) is 4.91 Å². The lowest BCUT2D eigenvalue weighted by atomic mass is 10.1. The SMILES string of the molecule is Cc1ccn2c(N=O)c(-c3ccc4c(c3)NC(=O)CO4)nc2c1. The summed E-state index contributed by atoms with van der Waals surface area (Å²) in [5, 5.41) is 5.87. The molecule has 0 saturated heterocycles. The van der Waals surface area contributed by atoms with Crippen LogP contribution in [0, 0.1) is 11.8 Å². The maximum atomic E-state index is 11.5. The van der Waals surface area contributed by atoms with Gasteiger partial charge in [0, 0.05) is 11.8 Å². The average molecular weight is 308 g/mol. The highest BCUT2D eigenvalue weighted by Crippen LogP contribution is 2.36. The molecule has 1 N–H and O–H groups in total. The zero-order valence-electron chi connectivity index (χ0n) is 12.2. The van der Waals surface area contributed by atoms with Crippen molar-refractivity contribution in [3.63, 3.8) is 0 Å². The van der Waals surface area contributed by atoms with Crippen LogP contribution in [0.25, 0.3) is 16.9 Å². The van der Waals surface area contributed by atoms with E-state index in [0.29, 0.717) is 28.3 Å². The lowest BCUT2D eigenvalue weighted by Gasteiger charge is -2.18. The second-order valence-corrected chi connectivity index (χ2v) is 5.36. The molecule has 4 rings (SSSR count). The fraction of sp³-hybridized carbons (Fsp3) is 0.125. The summed E-state index contributed by atoms with van der Waals surface area (Å²) in [5.74, 6) is 0.602. The predicted molar refractivity (Wildman–Crippen MR) is 84.9 cm³/mol. The van der Waals surface area contributed by atoms with Gasteiger partial charge in [-0.3, -0.25) is 9.20 Å². The highest BCUT2D eigenvalue weighted by atomic mass is 16.5. The average Bonchev–Trinajstić information content (AvgIpc) is 2.91. The van der Waals surface area contributed by atoms with Crippen molar-refractivity contribution in [3.05, 3.63) is 47.0 Å². The van der Waals surface area contributed by atoms with Crippen LogP contribution in [-0.2, 0) is 4.79 Å². The van der Waals surface area contributed by atoms with Crippen LogP contribution < -0.4 is 10.1 Å². The lowest BCUT2D eigenvalue weighted by Crippen LogP contribution is -2.25. The number of amides is 1. The third-order valence-corrected chi connectivity index (χ3v) is 3.73. The molecule has 114 valence electrons. The van der Waals surface area contributed by atoms with Gasteiger partial charge in [0.05, 0.1) is 5.69 Å². The number of carbonyl (C=O) groups is 1. The molecule has 0 bridgehead atoms. The van der Waals surface area contributed by atoms with Crippen molar-refractivity contribution >= 4 is 23.1 Å². The van der Waals surface area contributed by atoms with E-state index in [9.17, 15) is 9.70 Å². The molecule has 1 amide bonds. The first kappa shape index (κ1) is 13.4. The van der Waals surface area contributed by atoms with Crippen molar-refractivity contribution in [2.24, 2.45) is 5.18 Å². The smallest absolute Gasteiger partial charge is 0.262 e. The zero-order chi connectivity index (χ0) is 16.0. The van der Waals surface area contributed by atoms with Crippen LogP contribution in [0.2, 0.25) is 0 Å². The van der Waals surface area contributed by atoms with Crippen molar-refractivity contribution in [3.8, 4) is 17.0 Å². The van der Waals surface area contributed by atoms with E-state index in [-0.39, 0.29) is 18.3 Å². The summed E-state index contributed by atoms with van der Waals surface area (Å²) in [6, 6.07) is 9.03. The van der Waals surface area contributed by atoms with E-state index in [1.54, 1.807) is 28.8 Å². The number of carbonyl (C=O) groups excluding carboxylic acids is 1. The van der Waals surface area contributed by atoms with Gasteiger partial charge in [-0.2, -0.15) is 0 Å². The Kier molecular flexibility index (Phi) is 2.87. The Bertz CT molecular complexity index is 961. The van der Waals surface area contributed by atoms with E-state index in [1.165, 1.54) is 0 Å². The number of aryl methyl sites for hydroxylation is 1. The van der Waals surface area contributed by atoms with Gasteiger partial charge >= 0.3 is 0 Å². The molecule has 1 aliphatic heterocycles. The number of nitrogens with zero attached hydrogens (tertiary/aromatic N) is 3. The van der Waals surface area contributed by atoms with E-state index in [1.807, 2.05) is 19.1 Å². The van der Waals surface area contributed by atoms with E-state index in [4.69, 9.17) is 4.74 Å². The van der Waals surface area contributed by atoms with Crippen molar-refractivity contribution in [2.45, 2.75) is 6.92 Å². The maximum absolute atomic E-state index is 11.5. The number of hydrogen-bond acceptors (Lipinski definition) is 5. The second-order valence-electron chi connectivity index (χ2n) is 5.36. The highest BCUT2D eigenvalue weighted by molar-refractivity contribution is 5.96. The van der Waals surface area contributed by atoms with Gasteiger partial charge in [0.25, 0.3) is 5.91 Å². The summed E-state index contributed by atoms with van der Waals surface area (Å²) in [7, 11) is 0. The van der Waals surface area contributed by atoms with Crippen LogP contribution >= 0.6 is 0 Å². The van der Waals surface area contributed by atoms with Crippen LogP contribution in [0.4, 0.5) is 11.5 Å². The molecule has 0 radical (unpaired) electrons. The molecule has 1 aromatic carbocycles. The second kappa shape index (κ2) is 4.91. The Morgan fingerprint density at radius 1 is 1.30 bits per heavy atom. The van der Waals surface area contributed by atoms with E-state index in [0.717, 1.165) is 5.56 Å². The fourth-order valence-electron chi connectivity index (χ4n) is 2.64. The molecule has 0 fully saturated rings. The molecular formula is C16H12N4O3. The molecule has 0 unspecified atom stereocenters. The van der Waals surface area contributed by atoms with E-state index >= 15 is 0 Å². The Hall–Kier alpha value is -3.22. The molecule has 0 spiro atoms. The first-order valence-electron chi connectivity index (χ1n) is 7.05. The van der Waals surface area contributed by atoms with Crippen LogP contribution in [0.3, 0.4) is 0 Å². The molecule has 23 heavy (non-hydrogen) atoms. The Balaban J connectivity index is 1.90. The number of fused-ring (bicyclic) bond motifs is 2. The molecule has 0 aliphatic carbocycles. The Labute approximate surface area is 130 Å². The number of ether oxygens (including phenoxy) is 1. The molecular weight excluding hydrogens is 296 g/mol. The van der Waals surface area contributed by atoms with Crippen LogP contribution in [0.5, 0.6) is 5.75 Å². The van der Waals surface area contributed by atoms with Crippen molar-refractivity contribution in [2.75, 3.05) is 11.9 Å². The van der Waals surface area contributed by atoms with Crippen LogP contribution in [-0.4, -0.2) is 21.9 Å². The maximum Gasteiger partial charge on any atom is 0.262 e. The Morgan fingerprint density at radius 3 is 3.00 bits per heavy atom. The topological polar surface area (TPSA) is 85.1 Å². The highest BCUT2D eigenvalue weighted by Gasteiger charge is 2.20. The summed E-state index contributed by atoms with van der Waals surface area (Å²) >= 11 is 0. The van der Waals surface area contributed by atoms with E-state index < -0.39 is 0 Å². The van der Waals surface area contributed by atoms with E-state index in [2.05, 4.69) is 15.5 Å². The predicted octanol–water partition coefficient (Wildman–Crippen LogP) is 3.04. The molecule has 0 atom stereocenters. The molecule has 7 heteroatoms. The summed E-state index contributed by atoms with van der Waals surface area (Å²) < 4.78 is 6.98. The number of benzene rings is 1. The standard InChI is InChI=1S/C16H12N4O3/c1-9-4-5-20-13(6-9)18-15(16(20)19-22)10-2-3-12-11(7-10)17-14(21)8-23-12/h2-7H,8H2,1H3,(H,17,21). The minimum absolute atomic E-state index is 0.00112.